The number of hydrogen-bond donors (Lipinski definition) is 1. The average Bonchev–Trinajstić information content (AvgIpc) is 2.59. The third kappa shape index (κ3) is 4.15. The molecule has 0 radical (unpaired) electrons. The van der Waals surface area contributed by atoms with Crippen LogP contribution in [0.3, 0.4) is 0 Å². The Labute approximate surface area is 145 Å². The lowest BCUT2D eigenvalue weighted by Crippen LogP contribution is -2.39. The minimum absolute atomic E-state index is 0.0316. The maximum absolute atomic E-state index is 12.3. The van der Waals surface area contributed by atoms with E-state index in [4.69, 9.17) is 0 Å². The largest absolute Gasteiger partial charge is 0.352 e. The predicted octanol–water partition coefficient (Wildman–Crippen LogP) is 4.14. The molecule has 1 unspecified atom stereocenters. The Morgan fingerprint density at radius 1 is 1.17 bits per heavy atom. The molecule has 0 aromatic heterocycles. The molecule has 0 bridgehead atoms. The Kier molecular flexibility index (Phi) is 5.52. The van der Waals surface area contributed by atoms with E-state index in [1.165, 1.54) is 36.8 Å². The fourth-order valence-electron chi connectivity index (χ4n) is 3.58. The molecular weight excluding hydrogens is 296 g/mol. The van der Waals surface area contributed by atoms with Crippen LogP contribution >= 0.6 is 0 Å². The first-order valence-corrected chi connectivity index (χ1v) is 9.16. The van der Waals surface area contributed by atoms with Gasteiger partial charge in [-0.25, -0.2) is 0 Å². The van der Waals surface area contributed by atoms with Crippen LogP contribution in [0.4, 0.5) is 0 Å². The Morgan fingerprint density at radius 2 is 1.96 bits per heavy atom. The number of hydrogen-bond acceptors (Lipinski definition) is 2. The highest BCUT2D eigenvalue weighted by Crippen LogP contribution is 2.18. The molecule has 128 valence electrons. The number of nitrogens with zero attached hydrogens (tertiary/aromatic N) is 1. The Hall–Kier alpha value is -1.87. The van der Waals surface area contributed by atoms with Gasteiger partial charge in [-0.3, -0.25) is 4.79 Å². The van der Waals surface area contributed by atoms with Crippen LogP contribution in [0, 0.1) is 6.92 Å². The molecule has 0 spiro atoms. The van der Waals surface area contributed by atoms with Gasteiger partial charge >= 0.3 is 0 Å². The minimum Gasteiger partial charge on any atom is -0.352 e. The van der Waals surface area contributed by atoms with Crippen LogP contribution in [-0.2, 0) is 0 Å². The van der Waals surface area contributed by atoms with Gasteiger partial charge in [-0.2, -0.15) is 0 Å². The monoisotopic (exact) mass is 324 g/mol. The van der Waals surface area contributed by atoms with Crippen LogP contribution in [0.2, 0.25) is 0 Å². The maximum atomic E-state index is 12.3. The molecule has 3 rings (SSSR count). The van der Waals surface area contributed by atoms with Gasteiger partial charge in [0.2, 0.25) is 0 Å². The zero-order valence-corrected chi connectivity index (χ0v) is 14.8. The first-order valence-electron chi connectivity index (χ1n) is 9.16. The summed E-state index contributed by atoms with van der Waals surface area (Å²) in [5, 5.41) is 5.37. The van der Waals surface area contributed by atoms with Gasteiger partial charge in [0.1, 0.15) is 0 Å². The van der Waals surface area contributed by atoms with E-state index in [2.05, 4.69) is 42.3 Å². The van der Waals surface area contributed by atoms with E-state index < -0.39 is 0 Å². The lowest BCUT2D eigenvalue weighted by molar-refractivity contribution is 0.0949. The third-order valence-electron chi connectivity index (χ3n) is 5.11. The number of likely N-dealkylation sites (tertiary alicyclic amines) is 1. The van der Waals surface area contributed by atoms with Gasteiger partial charge in [0.15, 0.2) is 0 Å². The number of fused-ring (bicyclic) bond motifs is 1. The second-order valence-electron chi connectivity index (χ2n) is 7.06. The molecule has 2 aromatic carbocycles. The summed E-state index contributed by atoms with van der Waals surface area (Å²) < 4.78 is 0. The summed E-state index contributed by atoms with van der Waals surface area (Å²) in [6.45, 7) is 7.43. The van der Waals surface area contributed by atoms with Gasteiger partial charge in [0.25, 0.3) is 5.91 Å². The SMILES string of the molecule is Cc1ccc2cc(C(=O)NCCCN3CCCCC3C)ccc2c1. The van der Waals surface area contributed by atoms with Crippen LogP contribution in [0.25, 0.3) is 10.8 Å². The van der Waals surface area contributed by atoms with Crippen molar-refractivity contribution in [1.82, 2.24) is 10.2 Å². The molecule has 3 nitrogen and oxygen atoms in total. The Morgan fingerprint density at radius 3 is 2.79 bits per heavy atom. The van der Waals surface area contributed by atoms with E-state index in [1.54, 1.807) is 0 Å². The van der Waals surface area contributed by atoms with Crippen molar-refractivity contribution in [2.75, 3.05) is 19.6 Å². The molecule has 0 saturated carbocycles. The minimum atomic E-state index is 0.0316. The molecular formula is C21H28N2O. The molecule has 1 N–H and O–H groups in total. The van der Waals surface area contributed by atoms with Crippen molar-refractivity contribution in [1.29, 1.82) is 0 Å². The highest BCUT2D eigenvalue weighted by molar-refractivity contribution is 5.98. The van der Waals surface area contributed by atoms with Gasteiger partial charge in [-0.15, -0.1) is 0 Å². The second-order valence-corrected chi connectivity index (χ2v) is 7.06. The van der Waals surface area contributed by atoms with Crippen molar-refractivity contribution in [2.24, 2.45) is 0 Å². The molecule has 3 heteroatoms. The van der Waals surface area contributed by atoms with Gasteiger partial charge in [-0.1, -0.05) is 36.2 Å². The summed E-state index contributed by atoms with van der Waals surface area (Å²) >= 11 is 0. The number of rotatable bonds is 5. The van der Waals surface area contributed by atoms with Crippen molar-refractivity contribution in [3.8, 4) is 0 Å². The second kappa shape index (κ2) is 7.80. The summed E-state index contributed by atoms with van der Waals surface area (Å²) in [6, 6.07) is 12.9. The molecule has 24 heavy (non-hydrogen) atoms. The predicted molar refractivity (Wildman–Crippen MR) is 101 cm³/mol. The van der Waals surface area contributed by atoms with Gasteiger partial charge < -0.3 is 10.2 Å². The quantitative estimate of drug-likeness (QED) is 0.838. The standard InChI is InChI=1S/C21H28N2O/c1-16-7-8-19-15-20(10-9-18(19)14-16)21(24)22-11-5-13-23-12-4-3-6-17(23)2/h7-10,14-15,17H,3-6,11-13H2,1-2H3,(H,22,24). The van der Waals surface area contributed by atoms with E-state index in [0.717, 1.165) is 30.5 Å². The normalized spacial score (nSPS) is 18.7. The van der Waals surface area contributed by atoms with Gasteiger partial charge in [0.05, 0.1) is 0 Å². The van der Waals surface area contributed by atoms with Crippen molar-refractivity contribution >= 4 is 16.7 Å². The summed E-state index contributed by atoms with van der Waals surface area (Å²) in [5.74, 6) is 0.0316. The summed E-state index contributed by atoms with van der Waals surface area (Å²) in [7, 11) is 0. The van der Waals surface area contributed by atoms with E-state index in [1.807, 2.05) is 18.2 Å². The van der Waals surface area contributed by atoms with Crippen molar-refractivity contribution in [3.05, 3.63) is 47.5 Å². The fourth-order valence-corrected chi connectivity index (χ4v) is 3.58. The molecule has 1 heterocycles. The Bertz CT molecular complexity index is 710. The average molecular weight is 324 g/mol. The van der Waals surface area contributed by atoms with Gasteiger partial charge in [-0.05, 0) is 62.6 Å². The van der Waals surface area contributed by atoms with E-state index >= 15 is 0 Å². The molecule has 1 aliphatic rings. The topological polar surface area (TPSA) is 32.3 Å². The van der Waals surface area contributed by atoms with Crippen LogP contribution < -0.4 is 5.32 Å². The molecule has 1 saturated heterocycles. The molecule has 1 amide bonds. The fraction of sp³-hybridized carbons (Fsp3) is 0.476. The number of benzene rings is 2. The van der Waals surface area contributed by atoms with Crippen molar-refractivity contribution in [3.63, 3.8) is 0 Å². The first-order chi connectivity index (χ1) is 11.6. The third-order valence-corrected chi connectivity index (χ3v) is 5.11. The highest BCUT2D eigenvalue weighted by atomic mass is 16.1. The van der Waals surface area contributed by atoms with E-state index in [0.29, 0.717) is 6.04 Å². The lowest BCUT2D eigenvalue weighted by atomic mass is 10.0. The van der Waals surface area contributed by atoms with Crippen molar-refractivity contribution < 1.29 is 4.79 Å². The lowest BCUT2D eigenvalue weighted by Gasteiger charge is -2.33. The van der Waals surface area contributed by atoms with E-state index in [9.17, 15) is 4.79 Å². The number of carbonyl (C=O) groups excluding carboxylic acids is 1. The molecule has 1 atom stereocenters. The zero-order chi connectivity index (χ0) is 16.9. The number of piperidine rings is 1. The number of carbonyl (C=O) groups is 1. The number of nitrogens with one attached hydrogen (secondary N) is 1. The summed E-state index contributed by atoms with van der Waals surface area (Å²) in [6.07, 6.45) is 4.99. The van der Waals surface area contributed by atoms with E-state index in [-0.39, 0.29) is 5.91 Å². The number of aryl methyl sites for hydroxylation is 1. The number of amides is 1. The van der Waals surface area contributed by atoms with Crippen LogP contribution in [0.15, 0.2) is 36.4 Å². The first kappa shape index (κ1) is 17.0. The van der Waals surface area contributed by atoms with Crippen LogP contribution in [-0.4, -0.2) is 36.5 Å². The molecule has 2 aromatic rings. The maximum Gasteiger partial charge on any atom is 0.251 e. The molecule has 0 aliphatic carbocycles. The zero-order valence-electron chi connectivity index (χ0n) is 14.8. The smallest absolute Gasteiger partial charge is 0.251 e. The molecule has 1 fully saturated rings. The van der Waals surface area contributed by atoms with Gasteiger partial charge in [0, 0.05) is 24.7 Å². The highest BCUT2D eigenvalue weighted by Gasteiger charge is 2.17. The summed E-state index contributed by atoms with van der Waals surface area (Å²) in [4.78, 5) is 14.9. The molecule has 1 aliphatic heterocycles. The van der Waals surface area contributed by atoms with Crippen molar-refractivity contribution in [2.45, 2.75) is 45.6 Å². The van der Waals surface area contributed by atoms with Crippen LogP contribution in [0.5, 0.6) is 0 Å². The summed E-state index contributed by atoms with van der Waals surface area (Å²) in [5.41, 5.74) is 1.99. The Balaban J connectivity index is 1.50. The van der Waals surface area contributed by atoms with Crippen LogP contribution in [0.1, 0.15) is 48.5 Å².